The predicted molar refractivity (Wildman–Crippen MR) is 64.1 cm³/mol. The standard InChI is InChI=1S/C12H20N2/c1-5-10(2)13-11-8-6-7-9-12(11)14(3)4/h6-10,13H,5H2,1-4H3. The smallest absolute Gasteiger partial charge is 0.0596 e. The third-order valence-electron chi connectivity index (χ3n) is 2.40. The third kappa shape index (κ3) is 2.66. The van der Waals surface area contributed by atoms with E-state index in [0.717, 1.165) is 6.42 Å². The number of para-hydroxylation sites is 2. The van der Waals surface area contributed by atoms with Crippen molar-refractivity contribution in [2.24, 2.45) is 0 Å². The molecule has 2 heteroatoms. The van der Waals surface area contributed by atoms with E-state index in [1.807, 2.05) is 0 Å². The van der Waals surface area contributed by atoms with Crippen LogP contribution in [0.5, 0.6) is 0 Å². The highest BCUT2D eigenvalue weighted by atomic mass is 15.1. The van der Waals surface area contributed by atoms with Gasteiger partial charge in [-0.1, -0.05) is 19.1 Å². The fourth-order valence-electron chi connectivity index (χ4n) is 1.35. The molecule has 0 aliphatic carbocycles. The zero-order valence-electron chi connectivity index (χ0n) is 9.54. The molecule has 14 heavy (non-hydrogen) atoms. The second-order valence-electron chi connectivity index (χ2n) is 3.87. The van der Waals surface area contributed by atoms with Gasteiger partial charge in [0.15, 0.2) is 0 Å². The highest BCUT2D eigenvalue weighted by molar-refractivity contribution is 5.69. The van der Waals surface area contributed by atoms with Crippen LogP contribution in [0.2, 0.25) is 0 Å². The topological polar surface area (TPSA) is 15.3 Å². The molecule has 0 saturated carbocycles. The first-order chi connectivity index (χ1) is 6.65. The summed E-state index contributed by atoms with van der Waals surface area (Å²) in [5, 5.41) is 3.50. The number of nitrogens with zero attached hydrogens (tertiary/aromatic N) is 1. The van der Waals surface area contributed by atoms with Crippen LogP contribution in [0.3, 0.4) is 0 Å². The average molecular weight is 192 g/mol. The van der Waals surface area contributed by atoms with Crippen LogP contribution in [0, 0.1) is 0 Å². The summed E-state index contributed by atoms with van der Waals surface area (Å²) in [4.78, 5) is 2.13. The summed E-state index contributed by atoms with van der Waals surface area (Å²) in [5.74, 6) is 0. The molecule has 0 aliphatic rings. The maximum atomic E-state index is 3.50. The monoisotopic (exact) mass is 192 g/mol. The first-order valence-corrected chi connectivity index (χ1v) is 5.18. The number of rotatable bonds is 4. The van der Waals surface area contributed by atoms with Gasteiger partial charge in [-0.05, 0) is 25.5 Å². The van der Waals surface area contributed by atoms with E-state index >= 15 is 0 Å². The van der Waals surface area contributed by atoms with E-state index in [-0.39, 0.29) is 0 Å². The Morgan fingerprint density at radius 3 is 2.50 bits per heavy atom. The van der Waals surface area contributed by atoms with Crippen LogP contribution in [0.15, 0.2) is 24.3 Å². The Balaban J connectivity index is 2.84. The van der Waals surface area contributed by atoms with Gasteiger partial charge in [-0.25, -0.2) is 0 Å². The van der Waals surface area contributed by atoms with Crippen LogP contribution >= 0.6 is 0 Å². The Labute approximate surface area is 86.9 Å². The molecule has 1 rings (SSSR count). The van der Waals surface area contributed by atoms with Crippen LogP contribution < -0.4 is 10.2 Å². The maximum Gasteiger partial charge on any atom is 0.0596 e. The van der Waals surface area contributed by atoms with Gasteiger partial charge in [-0.15, -0.1) is 0 Å². The minimum absolute atomic E-state index is 0.524. The summed E-state index contributed by atoms with van der Waals surface area (Å²) in [6.45, 7) is 4.39. The average Bonchev–Trinajstić information content (AvgIpc) is 2.18. The van der Waals surface area contributed by atoms with Crippen molar-refractivity contribution in [3.05, 3.63) is 24.3 Å². The largest absolute Gasteiger partial charge is 0.381 e. The first kappa shape index (κ1) is 10.9. The third-order valence-corrected chi connectivity index (χ3v) is 2.40. The molecule has 0 heterocycles. The van der Waals surface area contributed by atoms with Gasteiger partial charge in [0.25, 0.3) is 0 Å². The summed E-state index contributed by atoms with van der Waals surface area (Å²) in [6.07, 6.45) is 1.14. The second kappa shape index (κ2) is 4.89. The molecule has 1 N–H and O–H groups in total. The van der Waals surface area contributed by atoms with Crippen molar-refractivity contribution in [1.82, 2.24) is 0 Å². The van der Waals surface area contributed by atoms with E-state index in [1.54, 1.807) is 0 Å². The molecule has 0 fully saturated rings. The number of anilines is 2. The van der Waals surface area contributed by atoms with E-state index in [2.05, 4.69) is 62.4 Å². The van der Waals surface area contributed by atoms with E-state index in [1.165, 1.54) is 11.4 Å². The molecule has 0 aliphatic heterocycles. The van der Waals surface area contributed by atoms with Crippen molar-refractivity contribution in [2.75, 3.05) is 24.3 Å². The Hall–Kier alpha value is -1.18. The van der Waals surface area contributed by atoms with E-state index in [4.69, 9.17) is 0 Å². The molecule has 0 saturated heterocycles. The van der Waals surface area contributed by atoms with Gasteiger partial charge in [-0.2, -0.15) is 0 Å². The Morgan fingerprint density at radius 2 is 1.93 bits per heavy atom. The summed E-state index contributed by atoms with van der Waals surface area (Å²) < 4.78 is 0. The molecule has 0 spiro atoms. The van der Waals surface area contributed by atoms with Crippen LogP contribution in [-0.4, -0.2) is 20.1 Å². The minimum Gasteiger partial charge on any atom is -0.381 e. The number of benzene rings is 1. The first-order valence-electron chi connectivity index (χ1n) is 5.18. The number of nitrogens with one attached hydrogen (secondary N) is 1. The molecule has 1 aromatic carbocycles. The Bertz CT molecular complexity index is 281. The lowest BCUT2D eigenvalue weighted by Crippen LogP contribution is -2.17. The lowest BCUT2D eigenvalue weighted by atomic mass is 10.2. The molecule has 0 radical (unpaired) electrons. The fraction of sp³-hybridized carbons (Fsp3) is 0.500. The summed E-state index contributed by atoms with van der Waals surface area (Å²) in [5.41, 5.74) is 2.46. The Kier molecular flexibility index (Phi) is 3.81. The van der Waals surface area contributed by atoms with Gasteiger partial charge in [-0.3, -0.25) is 0 Å². The quantitative estimate of drug-likeness (QED) is 0.789. The van der Waals surface area contributed by atoms with Crippen molar-refractivity contribution >= 4 is 11.4 Å². The molecule has 78 valence electrons. The lowest BCUT2D eigenvalue weighted by Gasteiger charge is -2.21. The minimum atomic E-state index is 0.524. The van der Waals surface area contributed by atoms with E-state index < -0.39 is 0 Å². The molecule has 1 atom stereocenters. The fourth-order valence-corrected chi connectivity index (χ4v) is 1.35. The van der Waals surface area contributed by atoms with Crippen LogP contribution in [0.4, 0.5) is 11.4 Å². The Morgan fingerprint density at radius 1 is 1.29 bits per heavy atom. The van der Waals surface area contributed by atoms with Gasteiger partial charge in [0.1, 0.15) is 0 Å². The molecule has 0 bridgehead atoms. The molecule has 0 aromatic heterocycles. The zero-order valence-corrected chi connectivity index (χ0v) is 9.54. The summed E-state index contributed by atoms with van der Waals surface area (Å²) in [6, 6.07) is 8.91. The van der Waals surface area contributed by atoms with Crippen LogP contribution in [0.1, 0.15) is 20.3 Å². The van der Waals surface area contributed by atoms with E-state index in [9.17, 15) is 0 Å². The van der Waals surface area contributed by atoms with Gasteiger partial charge >= 0.3 is 0 Å². The van der Waals surface area contributed by atoms with Crippen molar-refractivity contribution in [3.8, 4) is 0 Å². The molecule has 1 unspecified atom stereocenters. The van der Waals surface area contributed by atoms with Gasteiger partial charge in [0.2, 0.25) is 0 Å². The van der Waals surface area contributed by atoms with Gasteiger partial charge < -0.3 is 10.2 Å². The van der Waals surface area contributed by atoms with Gasteiger partial charge in [0, 0.05) is 20.1 Å². The van der Waals surface area contributed by atoms with Gasteiger partial charge in [0.05, 0.1) is 11.4 Å². The second-order valence-corrected chi connectivity index (χ2v) is 3.87. The summed E-state index contributed by atoms with van der Waals surface area (Å²) >= 11 is 0. The van der Waals surface area contributed by atoms with Crippen LogP contribution in [-0.2, 0) is 0 Å². The van der Waals surface area contributed by atoms with Crippen molar-refractivity contribution in [1.29, 1.82) is 0 Å². The number of hydrogen-bond acceptors (Lipinski definition) is 2. The molecule has 0 amide bonds. The molecular weight excluding hydrogens is 172 g/mol. The van der Waals surface area contributed by atoms with Crippen molar-refractivity contribution < 1.29 is 0 Å². The molecule has 2 nitrogen and oxygen atoms in total. The zero-order chi connectivity index (χ0) is 10.6. The normalized spacial score (nSPS) is 12.3. The van der Waals surface area contributed by atoms with Crippen molar-refractivity contribution in [3.63, 3.8) is 0 Å². The van der Waals surface area contributed by atoms with Crippen LogP contribution in [0.25, 0.3) is 0 Å². The highest BCUT2D eigenvalue weighted by Gasteiger charge is 2.04. The lowest BCUT2D eigenvalue weighted by molar-refractivity contribution is 0.763. The predicted octanol–water partition coefficient (Wildman–Crippen LogP) is 2.96. The number of hydrogen-bond donors (Lipinski definition) is 1. The van der Waals surface area contributed by atoms with E-state index in [0.29, 0.717) is 6.04 Å². The highest BCUT2D eigenvalue weighted by Crippen LogP contribution is 2.24. The van der Waals surface area contributed by atoms with Crippen molar-refractivity contribution in [2.45, 2.75) is 26.3 Å². The molecular formula is C12H20N2. The summed E-state index contributed by atoms with van der Waals surface area (Å²) in [7, 11) is 4.13. The SMILES string of the molecule is CCC(C)Nc1ccccc1N(C)C. The maximum absolute atomic E-state index is 3.50. The molecule has 1 aromatic rings.